The molecule has 13 atom stereocenters. The Morgan fingerprint density at radius 3 is 1.42 bits per heavy atom. The fourth-order valence-corrected chi connectivity index (χ4v) is 14.1. The summed E-state index contributed by atoms with van der Waals surface area (Å²) in [6.45, 7) is 1.27. The van der Waals surface area contributed by atoms with Crippen LogP contribution in [0.15, 0.2) is 85.8 Å². The minimum absolute atomic E-state index is 0.00942. The number of aromatic amines is 3. The number of primary amides is 2. The van der Waals surface area contributed by atoms with Gasteiger partial charge in [0, 0.05) is 105 Å². The van der Waals surface area contributed by atoms with Crippen LogP contribution in [0.5, 0.6) is 0 Å². The molecular weight excluding hydrogens is 1660 g/mol. The number of carboxylic acids is 4. The second kappa shape index (κ2) is 48.1. The molecule has 47 heteroatoms. The Morgan fingerprint density at radius 2 is 0.904 bits per heavy atom. The molecule has 25 N–H and O–H groups in total. The summed E-state index contributed by atoms with van der Waals surface area (Å²) in [6, 6.07) is -5.64. The van der Waals surface area contributed by atoms with Gasteiger partial charge < -0.3 is 126 Å². The molecule has 0 bridgehead atoms. The van der Waals surface area contributed by atoms with Crippen LogP contribution in [0.2, 0.25) is 0 Å². The van der Waals surface area contributed by atoms with E-state index in [0.29, 0.717) is 27.7 Å². The maximum absolute atomic E-state index is 15.1. The van der Waals surface area contributed by atoms with E-state index in [1.54, 1.807) is 68.4 Å². The maximum atomic E-state index is 15.1. The highest BCUT2D eigenvalue weighted by molar-refractivity contribution is 7.80. The lowest BCUT2D eigenvalue weighted by atomic mass is 10.0. The number of amides is 16. The number of likely N-dealkylation sites (tertiary alicyclic amines) is 2. The van der Waals surface area contributed by atoms with Gasteiger partial charge in [0.15, 0.2) is 0 Å². The van der Waals surface area contributed by atoms with E-state index in [0.717, 1.165) is 4.90 Å². The number of carbonyl (C=O) groups excluding carboxylic acids is 16. The zero-order chi connectivity index (χ0) is 91.7. The van der Waals surface area contributed by atoms with Crippen molar-refractivity contribution in [3.05, 3.63) is 108 Å². The number of imidazole rings is 2. The predicted molar refractivity (Wildman–Crippen MR) is 439 cm³/mol. The van der Waals surface area contributed by atoms with Gasteiger partial charge >= 0.3 is 23.9 Å². The molecule has 46 nitrogen and oxygen atoms in total. The molecule has 5 aromatic rings. The number of nitrogens with one attached hydrogen (secondary N) is 15. The molecule has 2 saturated heterocycles. The molecule has 16 amide bonds. The number of nitrogens with two attached hydrogens (primary N) is 3. The SMILES string of the molecule is CC(C)C[C@H](NC(=O)CNC(=O)[C@H](CC(=O)O)NC(=O)[C@H](Cc1c[nH]c2ccccc12)NC(=O)[C@@H]1CCCN1C(=O)[C@H](CCC(N)=O)NC(=O)[C@H](Cc1ccccc1)NC(=O)[C@@H]1CCCN1C(=O)[C@H](CS)NC(=O)CNC(=O)[C@H](CCC(N)=O)NC(=O)[C@@H](N)Cc1cnc[nH]1)C(=O)N[C@@H](CC(=O)O)C(=O)N[C@@H](CCC(=O)O)C(=O)N[C@@H](Cc1cnc[nH]1)C(=O)O. The van der Waals surface area contributed by atoms with Crippen molar-refractivity contribution in [2.24, 2.45) is 23.1 Å². The lowest BCUT2D eigenvalue weighted by Gasteiger charge is -2.31. The lowest BCUT2D eigenvalue weighted by Crippen LogP contribution is -2.60. The molecule has 2 aliphatic rings. The molecule has 125 heavy (non-hydrogen) atoms. The predicted octanol–water partition coefficient (Wildman–Crippen LogP) is -6.32. The highest BCUT2D eigenvalue weighted by Crippen LogP contribution is 2.25. The Labute approximate surface area is 718 Å². The van der Waals surface area contributed by atoms with E-state index in [2.05, 4.69) is 101 Å². The number of carboxylic acid groups (broad SMARTS) is 4. The van der Waals surface area contributed by atoms with E-state index in [1.165, 1.54) is 36.1 Å². The second-order valence-electron chi connectivity index (χ2n) is 30.3. The van der Waals surface area contributed by atoms with Gasteiger partial charge in [0.2, 0.25) is 94.5 Å². The summed E-state index contributed by atoms with van der Waals surface area (Å²) in [5.74, 6) is -23.2. The van der Waals surface area contributed by atoms with Crippen LogP contribution < -0.4 is 81.0 Å². The van der Waals surface area contributed by atoms with E-state index in [9.17, 15) is 112 Å². The highest BCUT2D eigenvalue weighted by Gasteiger charge is 2.44. The summed E-state index contributed by atoms with van der Waals surface area (Å²) >= 11 is 4.29. The molecule has 0 radical (unpaired) electrons. The van der Waals surface area contributed by atoms with Crippen molar-refractivity contribution in [3.8, 4) is 0 Å². The summed E-state index contributed by atoms with van der Waals surface area (Å²) < 4.78 is 0. The molecule has 0 saturated carbocycles. The summed E-state index contributed by atoms with van der Waals surface area (Å²) in [4.78, 5) is 288. The number of thiol groups is 1. The summed E-state index contributed by atoms with van der Waals surface area (Å²) in [7, 11) is 0. The standard InChI is InChI=1S/C78H104N22O24S/c1-39(2)24-50(70(115)95-54(30-65(109)110)73(118)92-48(18-21-63(105)106)69(114)98-55(78(123)124)28-43-33-83-38-88-43)89-61(103)34-86-68(113)53(29-64(107)108)94-72(117)52(26-41-31-84-46-13-7-6-12-44(41)46)97-75(120)57-14-8-22-99(57)76(121)49(17-20-60(81)102)93-71(116)51(25-40-10-4-3-5-11-40)96-74(119)58-15-9-23-100(58)77(122)56(36-125)90-62(104)35-85-67(112)47(16-19-59(80)101)91-66(111)45(79)27-42-32-82-37-87-42/h3-7,10-13,31-33,37-39,45,47-58,84,125H,8-9,14-30,34-36,79H2,1-2H3,(H2,80,101)(H2,81,102)(H,82,87)(H,83,88)(H,85,112)(H,86,113)(H,89,103)(H,90,104)(H,91,111)(H,92,118)(H,93,116)(H,94,117)(H,95,115)(H,96,119)(H,97,120)(H,98,114)(H,105,106)(H,107,108)(H,109,110)(H,123,124)/t45-,47-,48-,49-,50-,51-,52-,53-,54-,55-,56-,57-,58-/m0/s1. The van der Waals surface area contributed by atoms with Crippen LogP contribution in [0, 0.1) is 5.92 Å². The number of hydrogen-bond acceptors (Lipinski definition) is 24. The first-order chi connectivity index (χ1) is 59.4. The minimum atomic E-state index is -2.04. The Bertz CT molecular complexity index is 4700. The number of aromatic nitrogens is 5. The van der Waals surface area contributed by atoms with Crippen molar-refractivity contribution >= 4 is 142 Å². The number of carbonyl (C=O) groups is 20. The van der Waals surface area contributed by atoms with Crippen molar-refractivity contribution in [1.82, 2.24) is 98.5 Å². The van der Waals surface area contributed by atoms with Crippen LogP contribution in [0.4, 0.5) is 0 Å². The molecule has 2 fully saturated rings. The smallest absolute Gasteiger partial charge is 0.326 e. The van der Waals surface area contributed by atoms with E-state index < -0.39 is 254 Å². The van der Waals surface area contributed by atoms with Crippen LogP contribution in [0.25, 0.3) is 10.9 Å². The van der Waals surface area contributed by atoms with E-state index in [-0.39, 0.29) is 95.2 Å². The fourth-order valence-electron chi connectivity index (χ4n) is 13.9. The van der Waals surface area contributed by atoms with Gasteiger partial charge in [-0.3, -0.25) is 91.1 Å². The van der Waals surface area contributed by atoms with Gasteiger partial charge in [-0.1, -0.05) is 62.4 Å². The molecule has 7 rings (SSSR count). The summed E-state index contributed by atoms with van der Waals surface area (Å²) in [5, 5.41) is 68.5. The lowest BCUT2D eigenvalue weighted by molar-refractivity contribution is -0.143. The molecular formula is C78H104N22O24S. The Kier molecular flexibility index (Phi) is 37.8. The number of benzene rings is 2. The van der Waals surface area contributed by atoms with Crippen molar-refractivity contribution in [2.75, 3.05) is 31.9 Å². The third-order valence-corrected chi connectivity index (χ3v) is 20.5. The average molecular weight is 1770 g/mol. The minimum Gasteiger partial charge on any atom is -0.481 e. The highest BCUT2D eigenvalue weighted by atomic mass is 32.1. The number of nitrogens with zero attached hydrogens (tertiary/aromatic N) is 4. The molecule has 676 valence electrons. The van der Waals surface area contributed by atoms with Crippen molar-refractivity contribution in [1.29, 1.82) is 0 Å². The number of rotatable bonds is 51. The summed E-state index contributed by atoms with van der Waals surface area (Å²) in [5.41, 5.74) is 19.2. The van der Waals surface area contributed by atoms with Crippen LogP contribution >= 0.6 is 12.6 Å². The number of para-hydroxylation sites is 1. The first-order valence-electron chi connectivity index (χ1n) is 39.9. The molecule has 2 aliphatic heterocycles. The van der Waals surface area contributed by atoms with Crippen molar-refractivity contribution in [3.63, 3.8) is 0 Å². The van der Waals surface area contributed by atoms with Gasteiger partial charge in [-0.2, -0.15) is 12.6 Å². The molecule has 3 aromatic heterocycles. The van der Waals surface area contributed by atoms with Crippen LogP contribution in [0.1, 0.15) is 120 Å². The van der Waals surface area contributed by atoms with Gasteiger partial charge in [-0.25, -0.2) is 14.8 Å². The third kappa shape index (κ3) is 31.2. The van der Waals surface area contributed by atoms with Crippen LogP contribution in [-0.2, 0) is 122 Å². The zero-order valence-corrected chi connectivity index (χ0v) is 69.0. The summed E-state index contributed by atoms with van der Waals surface area (Å²) in [6.07, 6.45) is 0.823. The van der Waals surface area contributed by atoms with Gasteiger partial charge in [0.05, 0.1) is 44.6 Å². The average Bonchev–Trinajstić information content (AvgIpc) is 1.70. The first-order valence-corrected chi connectivity index (χ1v) is 40.5. The maximum Gasteiger partial charge on any atom is 0.326 e. The monoisotopic (exact) mass is 1760 g/mol. The molecule has 0 aliphatic carbocycles. The van der Waals surface area contributed by atoms with Crippen LogP contribution in [0.3, 0.4) is 0 Å². The van der Waals surface area contributed by atoms with E-state index in [1.807, 2.05) is 0 Å². The van der Waals surface area contributed by atoms with Crippen LogP contribution in [-0.4, -0.2) is 284 Å². The second-order valence-corrected chi connectivity index (χ2v) is 30.6. The van der Waals surface area contributed by atoms with Crippen molar-refractivity contribution < 1.29 is 116 Å². The van der Waals surface area contributed by atoms with Gasteiger partial charge in [-0.15, -0.1) is 0 Å². The quantitative estimate of drug-likeness (QED) is 0.0161. The fraction of sp³-hybridized carbons (Fsp3) is 0.487. The number of H-pyrrole nitrogens is 3. The molecule has 0 spiro atoms. The number of hydrogen-bond donors (Lipinski definition) is 23. The molecule has 0 unspecified atom stereocenters. The van der Waals surface area contributed by atoms with E-state index >= 15 is 4.79 Å². The van der Waals surface area contributed by atoms with Gasteiger partial charge in [-0.05, 0) is 74.5 Å². The number of fused-ring (bicyclic) bond motifs is 1. The third-order valence-electron chi connectivity index (χ3n) is 20.2. The Hall–Kier alpha value is -13.9. The Balaban J connectivity index is 1.03. The van der Waals surface area contributed by atoms with Crippen molar-refractivity contribution in [2.45, 2.75) is 202 Å². The largest absolute Gasteiger partial charge is 0.481 e. The number of aliphatic carboxylic acids is 4. The van der Waals surface area contributed by atoms with Gasteiger partial charge in [0.25, 0.3) is 0 Å². The van der Waals surface area contributed by atoms with E-state index in [4.69, 9.17) is 17.2 Å². The Morgan fingerprint density at radius 1 is 0.464 bits per heavy atom. The topological polar surface area (TPSA) is 724 Å². The normalized spacial score (nSPS) is 16.2. The molecule has 5 heterocycles. The zero-order valence-electron chi connectivity index (χ0n) is 68.1. The first kappa shape index (κ1) is 98.2. The molecule has 2 aromatic carbocycles. The van der Waals surface area contributed by atoms with Gasteiger partial charge in [0.1, 0.15) is 72.5 Å².